The van der Waals surface area contributed by atoms with Gasteiger partial charge in [-0.1, -0.05) is 23.4 Å². The van der Waals surface area contributed by atoms with Crippen molar-refractivity contribution in [2.45, 2.75) is 51.2 Å². The zero-order chi connectivity index (χ0) is 14.9. The molecule has 1 fully saturated rings. The second-order valence-electron chi connectivity index (χ2n) is 5.97. The van der Waals surface area contributed by atoms with Gasteiger partial charge in [0.25, 0.3) is 0 Å². The van der Waals surface area contributed by atoms with Gasteiger partial charge in [-0.25, -0.2) is 0 Å². The van der Waals surface area contributed by atoms with E-state index in [9.17, 15) is 0 Å². The van der Waals surface area contributed by atoms with Gasteiger partial charge in [-0.15, -0.1) is 12.4 Å². The second kappa shape index (κ2) is 6.67. The Labute approximate surface area is 136 Å². The highest BCUT2D eigenvalue weighted by molar-refractivity contribution is 5.85. The van der Waals surface area contributed by atoms with Crippen LogP contribution in [0, 0.1) is 0 Å². The molecule has 0 bridgehead atoms. The average Bonchev–Trinajstić information content (AvgIpc) is 2.86. The smallest absolute Gasteiger partial charge is 0.231 e. The summed E-state index contributed by atoms with van der Waals surface area (Å²) in [5.41, 5.74) is 6.88. The predicted octanol–water partition coefficient (Wildman–Crippen LogP) is 3.21. The molecule has 5 nitrogen and oxygen atoms in total. The Hall–Kier alpha value is -1.59. The molecule has 1 aromatic heterocycles. The maximum atomic E-state index is 6.22. The molecule has 1 saturated carbocycles. The third-order valence-electron chi connectivity index (χ3n) is 3.84. The van der Waals surface area contributed by atoms with Crippen LogP contribution in [-0.2, 0) is 12.0 Å². The van der Waals surface area contributed by atoms with Crippen molar-refractivity contribution in [2.75, 3.05) is 0 Å². The Balaban J connectivity index is 0.00000176. The van der Waals surface area contributed by atoms with Crippen LogP contribution in [0.5, 0.6) is 5.75 Å². The summed E-state index contributed by atoms with van der Waals surface area (Å²) in [6.07, 6.45) is 3.68. The van der Waals surface area contributed by atoms with Gasteiger partial charge in [0.1, 0.15) is 5.75 Å². The molecule has 0 radical (unpaired) electrons. The van der Waals surface area contributed by atoms with Gasteiger partial charge in [0, 0.05) is 5.56 Å². The predicted molar refractivity (Wildman–Crippen MR) is 86.3 cm³/mol. The number of aromatic nitrogens is 2. The number of para-hydroxylation sites is 1. The molecule has 0 saturated heterocycles. The summed E-state index contributed by atoms with van der Waals surface area (Å²) in [4.78, 5) is 4.46. The number of halogens is 1. The zero-order valence-electron chi connectivity index (χ0n) is 12.9. The molecule has 3 rings (SSSR count). The van der Waals surface area contributed by atoms with Crippen molar-refractivity contribution < 1.29 is 9.26 Å². The summed E-state index contributed by atoms with van der Waals surface area (Å²) in [6.45, 7) is 4.02. The van der Waals surface area contributed by atoms with E-state index in [1.165, 1.54) is 0 Å². The topological polar surface area (TPSA) is 74.2 Å². The van der Waals surface area contributed by atoms with Crippen molar-refractivity contribution in [1.29, 1.82) is 0 Å². The Kier molecular flexibility index (Phi) is 5.08. The maximum Gasteiger partial charge on any atom is 0.231 e. The molecule has 1 aromatic carbocycles. The summed E-state index contributed by atoms with van der Waals surface area (Å²) < 4.78 is 11.2. The van der Waals surface area contributed by atoms with Crippen LogP contribution >= 0.6 is 12.4 Å². The standard InChI is InChI=1S/C16H21N3O2.ClH/c1-11(2)20-13-7-4-3-6-12(13)10-14-18-15(19-21-14)16(17)8-5-9-16;/h3-4,6-7,11H,5,8-10,17H2,1-2H3;1H. The minimum Gasteiger partial charge on any atom is -0.491 e. The summed E-state index contributed by atoms with van der Waals surface area (Å²) in [6, 6.07) is 7.92. The number of rotatable bonds is 5. The van der Waals surface area contributed by atoms with Gasteiger partial charge in [-0.3, -0.25) is 0 Å². The van der Waals surface area contributed by atoms with Crippen molar-refractivity contribution in [3.63, 3.8) is 0 Å². The van der Waals surface area contributed by atoms with Crippen molar-refractivity contribution in [1.82, 2.24) is 10.1 Å². The van der Waals surface area contributed by atoms with E-state index in [2.05, 4.69) is 10.1 Å². The van der Waals surface area contributed by atoms with E-state index in [0.29, 0.717) is 18.1 Å². The molecule has 22 heavy (non-hydrogen) atoms. The fourth-order valence-electron chi connectivity index (χ4n) is 2.49. The lowest BCUT2D eigenvalue weighted by Crippen LogP contribution is -2.44. The summed E-state index contributed by atoms with van der Waals surface area (Å²) in [7, 11) is 0. The zero-order valence-corrected chi connectivity index (χ0v) is 13.7. The SMILES string of the molecule is CC(C)Oc1ccccc1Cc1nc(C2(N)CCC2)no1.Cl. The number of ether oxygens (including phenoxy) is 1. The molecular formula is C16H22ClN3O2. The molecule has 2 aromatic rings. The monoisotopic (exact) mass is 323 g/mol. The number of benzene rings is 1. The molecule has 120 valence electrons. The van der Waals surface area contributed by atoms with Crippen LogP contribution < -0.4 is 10.5 Å². The van der Waals surface area contributed by atoms with Crippen LogP contribution in [0.25, 0.3) is 0 Å². The number of hydrogen-bond acceptors (Lipinski definition) is 5. The van der Waals surface area contributed by atoms with Gasteiger partial charge in [-0.2, -0.15) is 4.98 Å². The Morgan fingerprint density at radius 2 is 2.05 bits per heavy atom. The fraction of sp³-hybridized carbons (Fsp3) is 0.500. The van der Waals surface area contributed by atoms with Crippen LogP contribution in [-0.4, -0.2) is 16.2 Å². The second-order valence-corrected chi connectivity index (χ2v) is 5.97. The molecule has 1 aliphatic carbocycles. The summed E-state index contributed by atoms with van der Waals surface area (Å²) >= 11 is 0. The first-order chi connectivity index (χ1) is 10.1. The van der Waals surface area contributed by atoms with Crippen molar-refractivity contribution in [3.05, 3.63) is 41.5 Å². The van der Waals surface area contributed by atoms with Gasteiger partial charge in [0.15, 0.2) is 5.82 Å². The number of hydrogen-bond donors (Lipinski definition) is 1. The lowest BCUT2D eigenvalue weighted by atomic mass is 9.77. The van der Waals surface area contributed by atoms with Gasteiger partial charge in [-0.05, 0) is 39.2 Å². The van der Waals surface area contributed by atoms with Gasteiger partial charge >= 0.3 is 0 Å². The van der Waals surface area contributed by atoms with E-state index in [0.717, 1.165) is 30.6 Å². The quantitative estimate of drug-likeness (QED) is 0.914. The van der Waals surface area contributed by atoms with Gasteiger partial charge in [0.2, 0.25) is 5.89 Å². The van der Waals surface area contributed by atoms with Crippen molar-refractivity contribution in [3.8, 4) is 5.75 Å². The molecule has 0 atom stereocenters. The van der Waals surface area contributed by atoms with Gasteiger partial charge < -0.3 is 15.0 Å². The van der Waals surface area contributed by atoms with E-state index in [-0.39, 0.29) is 24.0 Å². The lowest BCUT2D eigenvalue weighted by molar-refractivity contribution is 0.228. The highest BCUT2D eigenvalue weighted by Crippen LogP contribution is 2.37. The Bertz CT molecular complexity index is 623. The molecule has 1 aliphatic rings. The minimum absolute atomic E-state index is 0. The molecule has 0 aliphatic heterocycles. The molecular weight excluding hydrogens is 302 g/mol. The van der Waals surface area contributed by atoms with E-state index < -0.39 is 0 Å². The number of nitrogens with zero attached hydrogens (tertiary/aromatic N) is 2. The highest BCUT2D eigenvalue weighted by Gasteiger charge is 2.38. The lowest BCUT2D eigenvalue weighted by Gasteiger charge is -2.34. The van der Waals surface area contributed by atoms with Gasteiger partial charge in [0.05, 0.1) is 18.1 Å². The Morgan fingerprint density at radius 3 is 2.68 bits per heavy atom. The number of nitrogens with two attached hydrogens (primary N) is 1. The first kappa shape index (κ1) is 16.8. The largest absolute Gasteiger partial charge is 0.491 e. The van der Waals surface area contributed by atoms with E-state index in [4.69, 9.17) is 15.0 Å². The van der Waals surface area contributed by atoms with Crippen LogP contribution in [0.1, 0.15) is 50.4 Å². The van der Waals surface area contributed by atoms with Crippen LogP contribution in [0.3, 0.4) is 0 Å². The van der Waals surface area contributed by atoms with Crippen LogP contribution in [0.2, 0.25) is 0 Å². The molecule has 0 amide bonds. The molecule has 2 N–H and O–H groups in total. The molecule has 1 heterocycles. The molecule has 0 unspecified atom stereocenters. The maximum absolute atomic E-state index is 6.22. The van der Waals surface area contributed by atoms with Crippen LogP contribution in [0.4, 0.5) is 0 Å². The van der Waals surface area contributed by atoms with E-state index in [1.807, 2.05) is 38.1 Å². The summed E-state index contributed by atoms with van der Waals surface area (Å²) in [5, 5.41) is 4.04. The fourth-order valence-corrected chi connectivity index (χ4v) is 2.49. The normalized spacial score (nSPS) is 16.0. The van der Waals surface area contributed by atoms with E-state index in [1.54, 1.807) is 0 Å². The first-order valence-electron chi connectivity index (χ1n) is 7.43. The first-order valence-corrected chi connectivity index (χ1v) is 7.43. The minimum atomic E-state index is -0.379. The van der Waals surface area contributed by atoms with Crippen molar-refractivity contribution in [2.24, 2.45) is 5.73 Å². The third-order valence-corrected chi connectivity index (χ3v) is 3.84. The molecule has 6 heteroatoms. The third kappa shape index (κ3) is 3.42. The highest BCUT2D eigenvalue weighted by atomic mass is 35.5. The molecule has 0 spiro atoms. The summed E-state index contributed by atoms with van der Waals surface area (Å²) in [5.74, 6) is 2.07. The van der Waals surface area contributed by atoms with Crippen LogP contribution in [0.15, 0.2) is 28.8 Å². The van der Waals surface area contributed by atoms with Crippen molar-refractivity contribution >= 4 is 12.4 Å². The average molecular weight is 324 g/mol. The Morgan fingerprint density at radius 1 is 1.32 bits per heavy atom. The van der Waals surface area contributed by atoms with E-state index >= 15 is 0 Å².